The van der Waals surface area contributed by atoms with Crippen LogP contribution in [-0.4, -0.2) is 25.4 Å². The lowest BCUT2D eigenvalue weighted by molar-refractivity contribution is 0.0690. The summed E-state index contributed by atoms with van der Waals surface area (Å²) in [6, 6.07) is 0. The maximum Gasteiger partial charge on any atom is 0.356 e. The van der Waals surface area contributed by atoms with E-state index in [0.29, 0.717) is 17.9 Å². The number of nitrogens with zero attached hydrogens (tertiary/aromatic N) is 3. The molecule has 0 spiro atoms. The molecular weight excluding hydrogens is 262 g/mol. The zero-order valence-corrected chi connectivity index (χ0v) is 9.52. The summed E-state index contributed by atoms with van der Waals surface area (Å²) in [5.74, 6) is -0.610. The Morgan fingerprint density at radius 3 is 3.00 bits per heavy atom. The second kappa shape index (κ2) is 3.62. The van der Waals surface area contributed by atoms with Gasteiger partial charge in [-0.15, -0.1) is 0 Å². The Morgan fingerprint density at radius 1 is 1.67 bits per heavy atom. The molecule has 2 aromatic rings. The number of aromatic nitrogens is 3. The van der Waals surface area contributed by atoms with Crippen LogP contribution < -0.4 is 0 Å². The van der Waals surface area contributed by atoms with Gasteiger partial charge in [-0.3, -0.25) is 4.40 Å². The van der Waals surface area contributed by atoms with E-state index in [1.807, 2.05) is 6.92 Å². The van der Waals surface area contributed by atoms with Crippen molar-refractivity contribution in [1.82, 2.24) is 14.4 Å². The zero-order valence-electron chi connectivity index (χ0n) is 7.94. The zero-order chi connectivity index (χ0) is 11.0. The van der Waals surface area contributed by atoms with E-state index < -0.39 is 5.97 Å². The number of carbonyl (C=O) groups is 1. The van der Waals surface area contributed by atoms with Gasteiger partial charge in [-0.25, -0.2) is 14.8 Å². The van der Waals surface area contributed by atoms with E-state index in [1.54, 1.807) is 16.8 Å². The van der Waals surface area contributed by atoms with Crippen molar-refractivity contribution in [3.8, 4) is 0 Å². The average Bonchev–Trinajstić information content (AvgIpc) is 2.55. The molecule has 0 atom stereocenters. The Balaban J connectivity index is 2.79. The van der Waals surface area contributed by atoms with Crippen LogP contribution in [0.2, 0.25) is 0 Å². The van der Waals surface area contributed by atoms with Crippen LogP contribution in [0.1, 0.15) is 23.1 Å². The van der Waals surface area contributed by atoms with Crippen LogP contribution in [0.4, 0.5) is 0 Å². The third-order valence-electron chi connectivity index (χ3n) is 2.08. The Labute approximate surface area is 93.9 Å². The van der Waals surface area contributed by atoms with Gasteiger partial charge < -0.3 is 5.11 Å². The lowest BCUT2D eigenvalue weighted by Crippen LogP contribution is -2.02. The molecule has 1 N–H and O–H groups in total. The fourth-order valence-electron chi connectivity index (χ4n) is 1.47. The van der Waals surface area contributed by atoms with Gasteiger partial charge in [-0.05, 0) is 22.4 Å². The highest BCUT2D eigenvalue weighted by atomic mass is 79.9. The Hall–Kier alpha value is -1.43. The van der Waals surface area contributed by atoms with Crippen LogP contribution >= 0.6 is 15.9 Å². The molecule has 0 radical (unpaired) electrons. The van der Waals surface area contributed by atoms with Gasteiger partial charge in [0, 0.05) is 12.4 Å². The van der Waals surface area contributed by atoms with Crippen molar-refractivity contribution in [2.45, 2.75) is 13.3 Å². The number of fused-ring (bicyclic) bond motifs is 1. The molecule has 0 saturated carbocycles. The third kappa shape index (κ3) is 1.61. The molecule has 15 heavy (non-hydrogen) atoms. The SMILES string of the molecule is CCc1c(C(=O)O)nc2ncc(Br)cn12. The maximum absolute atomic E-state index is 10.9. The number of imidazole rings is 1. The van der Waals surface area contributed by atoms with E-state index in [1.165, 1.54) is 0 Å². The number of hydrogen-bond donors (Lipinski definition) is 1. The number of carboxylic acid groups (broad SMARTS) is 1. The molecule has 0 aromatic carbocycles. The molecule has 78 valence electrons. The highest BCUT2D eigenvalue weighted by Gasteiger charge is 2.17. The number of carboxylic acids is 1. The van der Waals surface area contributed by atoms with Gasteiger partial charge in [-0.2, -0.15) is 0 Å². The van der Waals surface area contributed by atoms with Gasteiger partial charge >= 0.3 is 5.97 Å². The van der Waals surface area contributed by atoms with Gasteiger partial charge in [0.25, 0.3) is 0 Å². The third-order valence-corrected chi connectivity index (χ3v) is 2.49. The lowest BCUT2D eigenvalue weighted by Gasteiger charge is -1.98. The van der Waals surface area contributed by atoms with E-state index in [9.17, 15) is 4.79 Å². The van der Waals surface area contributed by atoms with Crippen LogP contribution in [0.3, 0.4) is 0 Å². The monoisotopic (exact) mass is 269 g/mol. The van der Waals surface area contributed by atoms with Crippen molar-refractivity contribution < 1.29 is 9.90 Å². The number of aromatic carboxylic acids is 1. The lowest BCUT2D eigenvalue weighted by atomic mass is 10.2. The number of halogens is 1. The molecule has 0 saturated heterocycles. The van der Waals surface area contributed by atoms with Crippen LogP contribution in [0.25, 0.3) is 5.78 Å². The van der Waals surface area contributed by atoms with E-state index in [0.717, 1.165) is 4.47 Å². The summed E-state index contributed by atoms with van der Waals surface area (Å²) in [4.78, 5) is 18.9. The minimum atomic E-state index is -1.02. The predicted octanol–water partition coefficient (Wildman–Crippen LogP) is 1.75. The fraction of sp³-hybridized carbons (Fsp3) is 0.222. The van der Waals surface area contributed by atoms with Crippen molar-refractivity contribution in [1.29, 1.82) is 0 Å². The first-order valence-corrected chi connectivity index (χ1v) is 5.18. The molecule has 2 aromatic heterocycles. The number of rotatable bonds is 2. The van der Waals surface area contributed by atoms with Crippen LogP contribution in [0.15, 0.2) is 16.9 Å². The van der Waals surface area contributed by atoms with Crippen molar-refractivity contribution in [2.24, 2.45) is 0 Å². The summed E-state index contributed by atoms with van der Waals surface area (Å²) in [6.45, 7) is 1.89. The minimum Gasteiger partial charge on any atom is -0.476 e. The average molecular weight is 270 g/mol. The second-order valence-corrected chi connectivity index (χ2v) is 3.92. The van der Waals surface area contributed by atoms with Gasteiger partial charge in [-0.1, -0.05) is 6.92 Å². The summed E-state index contributed by atoms with van der Waals surface area (Å²) in [6.07, 6.45) is 3.95. The first kappa shape index (κ1) is 10.1. The van der Waals surface area contributed by atoms with E-state index in [4.69, 9.17) is 5.11 Å². The molecular formula is C9H8BrN3O2. The van der Waals surface area contributed by atoms with Crippen LogP contribution in [0, 0.1) is 0 Å². The summed E-state index contributed by atoms with van der Waals surface area (Å²) >= 11 is 3.28. The predicted molar refractivity (Wildman–Crippen MR) is 57.0 cm³/mol. The van der Waals surface area contributed by atoms with Crippen LogP contribution in [0.5, 0.6) is 0 Å². The molecule has 2 rings (SSSR count). The molecule has 6 heteroatoms. The number of aryl methyl sites for hydroxylation is 1. The van der Waals surface area contributed by atoms with E-state index in [2.05, 4.69) is 25.9 Å². The molecule has 0 amide bonds. The smallest absolute Gasteiger partial charge is 0.356 e. The summed E-state index contributed by atoms with van der Waals surface area (Å²) in [7, 11) is 0. The van der Waals surface area contributed by atoms with Gasteiger partial charge in [0.2, 0.25) is 5.78 Å². The highest BCUT2D eigenvalue weighted by Crippen LogP contribution is 2.15. The maximum atomic E-state index is 10.9. The Bertz CT molecular complexity index is 535. The van der Waals surface area contributed by atoms with Crippen molar-refractivity contribution in [3.05, 3.63) is 28.3 Å². The Morgan fingerprint density at radius 2 is 2.40 bits per heavy atom. The van der Waals surface area contributed by atoms with E-state index >= 15 is 0 Å². The molecule has 0 bridgehead atoms. The fourth-order valence-corrected chi connectivity index (χ4v) is 1.77. The first-order chi connectivity index (χ1) is 7.13. The Kier molecular flexibility index (Phi) is 2.44. The number of hydrogen-bond acceptors (Lipinski definition) is 3. The molecule has 0 fully saturated rings. The second-order valence-electron chi connectivity index (χ2n) is 3.01. The standard InChI is InChI=1S/C9H8BrN3O2/c1-2-6-7(8(14)15)12-9-11-3-5(10)4-13(6)9/h3-4H,2H2,1H3,(H,14,15). The van der Waals surface area contributed by atoms with Crippen molar-refractivity contribution >= 4 is 27.7 Å². The summed E-state index contributed by atoms with van der Waals surface area (Å²) in [5, 5.41) is 8.95. The summed E-state index contributed by atoms with van der Waals surface area (Å²) in [5.41, 5.74) is 0.731. The quantitative estimate of drug-likeness (QED) is 0.902. The van der Waals surface area contributed by atoms with Crippen molar-refractivity contribution in [3.63, 3.8) is 0 Å². The normalized spacial score (nSPS) is 10.8. The van der Waals surface area contributed by atoms with Gasteiger partial charge in [0.15, 0.2) is 5.69 Å². The molecule has 0 aliphatic heterocycles. The van der Waals surface area contributed by atoms with Gasteiger partial charge in [0.1, 0.15) is 0 Å². The molecule has 0 aliphatic carbocycles. The summed E-state index contributed by atoms with van der Waals surface area (Å²) < 4.78 is 2.48. The van der Waals surface area contributed by atoms with Crippen LogP contribution in [-0.2, 0) is 6.42 Å². The molecule has 0 aliphatic rings. The topological polar surface area (TPSA) is 67.5 Å². The molecule has 2 heterocycles. The van der Waals surface area contributed by atoms with Gasteiger partial charge in [0.05, 0.1) is 10.2 Å². The molecule has 0 unspecified atom stereocenters. The van der Waals surface area contributed by atoms with E-state index in [-0.39, 0.29) is 5.69 Å². The highest BCUT2D eigenvalue weighted by molar-refractivity contribution is 9.10. The van der Waals surface area contributed by atoms with Crippen molar-refractivity contribution in [2.75, 3.05) is 0 Å². The molecule has 5 nitrogen and oxygen atoms in total. The largest absolute Gasteiger partial charge is 0.476 e. The minimum absolute atomic E-state index is 0.0723. The first-order valence-electron chi connectivity index (χ1n) is 4.39.